The average Bonchev–Trinajstić information content (AvgIpc) is 3.51. The molecular formula is C29H31N5O4S. The van der Waals surface area contributed by atoms with Gasteiger partial charge in [-0.1, -0.05) is 35.5 Å². The van der Waals surface area contributed by atoms with Gasteiger partial charge in [-0.25, -0.2) is 13.1 Å². The van der Waals surface area contributed by atoms with Crippen LogP contribution in [-0.4, -0.2) is 59.5 Å². The summed E-state index contributed by atoms with van der Waals surface area (Å²) in [5.74, 6) is 0.564. The first-order chi connectivity index (χ1) is 20.0. The molecule has 1 aliphatic heterocycles. The molecule has 0 bridgehead atoms. The third kappa shape index (κ3) is 4.37. The van der Waals surface area contributed by atoms with Crippen molar-refractivity contribution in [2.75, 3.05) is 26.6 Å². The maximum absolute atomic E-state index is 12.8. The standard InChI is InChI=1S/C29H31N5O4S/c1-18-28(33(2)32-31-18)21-14-24-27(30-17-21)26-23(15-22(39(4,35)36)16-25(26)37-3)34(24)29(19-8-6-5-7-9-19)20-10-12-38-13-11-20/h5-9,14-17,20,29H,10-13H2,1-4H3/t29-/m1/s1/i1D3. The number of ether oxygens (including phenoxy) is 2. The van der Waals surface area contributed by atoms with Crippen molar-refractivity contribution in [2.45, 2.75) is 30.6 Å². The van der Waals surface area contributed by atoms with Crippen molar-refractivity contribution in [1.29, 1.82) is 0 Å². The largest absolute Gasteiger partial charge is 0.496 e. The summed E-state index contributed by atoms with van der Waals surface area (Å²) < 4.78 is 64.8. The number of aryl methyl sites for hydroxylation is 2. The Hall–Kier alpha value is -3.76. The predicted octanol–water partition coefficient (Wildman–Crippen LogP) is 4.72. The fourth-order valence-electron chi connectivity index (χ4n) is 5.76. The second-order valence-corrected chi connectivity index (χ2v) is 12.0. The van der Waals surface area contributed by atoms with Gasteiger partial charge < -0.3 is 14.0 Å². The molecule has 1 aliphatic rings. The van der Waals surface area contributed by atoms with E-state index < -0.39 is 16.7 Å². The molecule has 5 aromatic rings. The lowest BCUT2D eigenvalue weighted by Crippen LogP contribution is -2.27. The van der Waals surface area contributed by atoms with Crippen LogP contribution in [0.5, 0.6) is 5.75 Å². The summed E-state index contributed by atoms with van der Waals surface area (Å²) in [4.78, 5) is 4.98. The second kappa shape index (κ2) is 9.77. The molecule has 0 spiro atoms. The van der Waals surface area contributed by atoms with E-state index in [1.807, 2.05) is 24.3 Å². The summed E-state index contributed by atoms with van der Waals surface area (Å²) in [7, 11) is -0.428. The lowest BCUT2D eigenvalue weighted by Gasteiger charge is -2.33. The molecule has 0 unspecified atom stereocenters. The van der Waals surface area contributed by atoms with Crippen LogP contribution in [0.15, 0.2) is 59.6 Å². The van der Waals surface area contributed by atoms with Crippen molar-refractivity contribution in [1.82, 2.24) is 24.5 Å². The highest BCUT2D eigenvalue weighted by molar-refractivity contribution is 7.90. The van der Waals surface area contributed by atoms with E-state index in [0.29, 0.717) is 52.2 Å². The lowest BCUT2D eigenvalue weighted by atomic mass is 9.86. The van der Waals surface area contributed by atoms with Gasteiger partial charge >= 0.3 is 0 Å². The van der Waals surface area contributed by atoms with Crippen LogP contribution >= 0.6 is 0 Å². The Morgan fingerprint density at radius 3 is 2.59 bits per heavy atom. The van der Waals surface area contributed by atoms with Crippen molar-refractivity contribution in [2.24, 2.45) is 13.0 Å². The first kappa shape index (κ1) is 22.1. The van der Waals surface area contributed by atoms with Crippen molar-refractivity contribution < 1.29 is 22.0 Å². The van der Waals surface area contributed by atoms with Crippen molar-refractivity contribution in [3.63, 3.8) is 0 Å². The van der Waals surface area contributed by atoms with Crippen LogP contribution in [0.25, 0.3) is 33.2 Å². The van der Waals surface area contributed by atoms with E-state index >= 15 is 0 Å². The van der Waals surface area contributed by atoms with Crippen LogP contribution in [0.1, 0.15) is 34.3 Å². The number of nitrogens with zero attached hydrogens (tertiary/aromatic N) is 5. The molecule has 2 aromatic carbocycles. The summed E-state index contributed by atoms with van der Waals surface area (Å²) in [6.07, 6.45) is 4.41. The van der Waals surface area contributed by atoms with Crippen LogP contribution in [0.2, 0.25) is 0 Å². The highest BCUT2D eigenvalue weighted by Crippen LogP contribution is 2.44. The van der Waals surface area contributed by atoms with Gasteiger partial charge in [-0.2, -0.15) is 0 Å². The van der Waals surface area contributed by atoms with E-state index in [0.717, 1.165) is 18.4 Å². The normalized spacial score (nSPS) is 17.2. The molecule has 202 valence electrons. The number of hydrogen-bond donors (Lipinski definition) is 0. The third-order valence-electron chi connectivity index (χ3n) is 7.56. The van der Waals surface area contributed by atoms with Gasteiger partial charge in [0.1, 0.15) is 5.75 Å². The molecular weight excluding hydrogens is 514 g/mol. The minimum absolute atomic E-state index is 0.116. The van der Waals surface area contributed by atoms with Crippen molar-refractivity contribution >= 4 is 31.8 Å². The Bertz CT molecular complexity index is 1900. The van der Waals surface area contributed by atoms with Gasteiger partial charge in [-0.3, -0.25) is 4.98 Å². The number of pyridine rings is 1. The summed E-state index contributed by atoms with van der Waals surface area (Å²) in [5, 5.41) is 8.62. The minimum atomic E-state index is -3.58. The third-order valence-corrected chi connectivity index (χ3v) is 8.65. The van der Waals surface area contributed by atoms with Crippen LogP contribution < -0.4 is 4.74 Å². The number of methoxy groups -OCH3 is 1. The van der Waals surface area contributed by atoms with Crippen LogP contribution in [0.4, 0.5) is 0 Å². The summed E-state index contributed by atoms with van der Waals surface area (Å²) >= 11 is 0. The van der Waals surface area contributed by atoms with Gasteiger partial charge in [-0.05, 0) is 49.4 Å². The summed E-state index contributed by atoms with van der Waals surface area (Å²) in [6.45, 7) is -1.24. The SMILES string of the molecule is [2H]C([2H])([2H])c1nnn(C)c1-c1cnc2c3c(OC)cc(S(C)(=O)=O)cc3n([C@H](c3ccccc3)C3CCOCC3)c2c1. The molecule has 0 radical (unpaired) electrons. The highest BCUT2D eigenvalue weighted by atomic mass is 32.2. The molecule has 0 saturated carbocycles. The van der Waals surface area contributed by atoms with Crippen LogP contribution in [0, 0.1) is 12.8 Å². The maximum atomic E-state index is 12.8. The smallest absolute Gasteiger partial charge is 0.175 e. The van der Waals surface area contributed by atoms with E-state index in [9.17, 15) is 8.42 Å². The number of benzene rings is 2. The van der Waals surface area contributed by atoms with Crippen LogP contribution in [-0.2, 0) is 21.6 Å². The molecule has 3 aromatic heterocycles. The topological polar surface area (TPSA) is 101 Å². The first-order valence-corrected chi connectivity index (χ1v) is 14.6. The van der Waals surface area contributed by atoms with Gasteiger partial charge in [0.25, 0.3) is 0 Å². The number of rotatable bonds is 6. The zero-order chi connectivity index (χ0) is 29.8. The van der Waals surface area contributed by atoms with Gasteiger partial charge in [0.15, 0.2) is 9.84 Å². The quantitative estimate of drug-likeness (QED) is 0.303. The highest BCUT2D eigenvalue weighted by Gasteiger charge is 2.32. The molecule has 10 heteroatoms. The Labute approximate surface area is 231 Å². The van der Waals surface area contributed by atoms with Gasteiger partial charge in [-0.15, -0.1) is 5.10 Å². The fourth-order valence-corrected chi connectivity index (χ4v) is 6.41. The maximum Gasteiger partial charge on any atom is 0.175 e. The minimum Gasteiger partial charge on any atom is -0.496 e. The second-order valence-electron chi connectivity index (χ2n) is 9.97. The molecule has 0 N–H and O–H groups in total. The zero-order valence-electron chi connectivity index (χ0n) is 25.0. The monoisotopic (exact) mass is 548 g/mol. The van der Waals surface area contributed by atoms with E-state index in [-0.39, 0.29) is 22.5 Å². The van der Waals surface area contributed by atoms with Crippen molar-refractivity contribution in [3.05, 3.63) is 66.0 Å². The lowest BCUT2D eigenvalue weighted by molar-refractivity contribution is 0.0553. The Kier molecular flexibility index (Phi) is 5.53. The Morgan fingerprint density at radius 1 is 1.13 bits per heavy atom. The van der Waals surface area contributed by atoms with Crippen LogP contribution in [0.3, 0.4) is 0 Å². The molecule has 1 fully saturated rings. The summed E-state index contributed by atoms with van der Waals surface area (Å²) in [6, 6.07) is 15.0. The number of fused-ring (bicyclic) bond motifs is 3. The van der Waals surface area contributed by atoms with Gasteiger partial charge in [0, 0.05) is 42.4 Å². The Balaban J connectivity index is 1.75. The van der Waals surface area contributed by atoms with E-state index in [2.05, 4.69) is 27.0 Å². The molecule has 1 atom stereocenters. The fraction of sp³-hybridized carbons (Fsp3) is 0.345. The predicted molar refractivity (Wildman–Crippen MR) is 150 cm³/mol. The number of hydrogen-bond acceptors (Lipinski definition) is 7. The Morgan fingerprint density at radius 2 is 1.90 bits per heavy atom. The number of sulfone groups is 1. The first-order valence-electron chi connectivity index (χ1n) is 14.2. The molecule has 0 aliphatic carbocycles. The van der Waals surface area contributed by atoms with E-state index in [1.165, 1.54) is 24.1 Å². The zero-order valence-corrected chi connectivity index (χ0v) is 22.8. The molecule has 4 heterocycles. The molecule has 0 amide bonds. The average molecular weight is 549 g/mol. The molecule has 1 saturated heterocycles. The van der Waals surface area contributed by atoms with Gasteiger partial charge in [0.05, 0.1) is 51.4 Å². The van der Waals surface area contributed by atoms with Crippen molar-refractivity contribution in [3.8, 4) is 17.0 Å². The van der Waals surface area contributed by atoms with Gasteiger partial charge in [0.2, 0.25) is 0 Å². The van der Waals surface area contributed by atoms with E-state index in [4.69, 9.17) is 18.6 Å². The van der Waals surface area contributed by atoms with E-state index in [1.54, 1.807) is 19.3 Å². The molecule has 9 nitrogen and oxygen atoms in total. The number of aromatic nitrogens is 5. The molecule has 39 heavy (non-hydrogen) atoms. The molecule has 6 rings (SSSR count). The summed E-state index contributed by atoms with van der Waals surface area (Å²) in [5.41, 5.74) is 3.80.